The van der Waals surface area contributed by atoms with Crippen LogP contribution >= 0.6 is 11.6 Å². The average molecular weight is 304 g/mol. The van der Waals surface area contributed by atoms with Crippen LogP contribution in [0.25, 0.3) is 0 Å². The van der Waals surface area contributed by atoms with Gasteiger partial charge in [0.05, 0.1) is 5.69 Å². The van der Waals surface area contributed by atoms with E-state index in [0.717, 1.165) is 35.1 Å². The second kappa shape index (κ2) is 7.43. The summed E-state index contributed by atoms with van der Waals surface area (Å²) in [4.78, 5) is 6.69. The van der Waals surface area contributed by atoms with Crippen molar-refractivity contribution in [1.29, 1.82) is 0 Å². The van der Waals surface area contributed by atoms with Gasteiger partial charge in [0.15, 0.2) is 0 Å². The number of halogens is 1. The zero-order valence-electron chi connectivity index (χ0n) is 12.8. The summed E-state index contributed by atoms with van der Waals surface area (Å²) >= 11 is 6.28. The molecule has 2 aromatic rings. The molecule has 1 N–H and O–H groups in total. The molecule has 1 aromatic carbocycles. The van der Waals surface area contributed by atoms with Gasteiger partial charge >= 0.3 is 0 Å². The summed E-state index contributed by atoms with van der Waals surface area (Å²) in [6, 6.07) is 12.3. The Labute approximate surface area is 132 Å². The van der Waals surface area contributed by atoms with Crippen molar-refractivity contribution in [2.45, 2.75) is 26.4 Å². The van der Waals surface area contributed by atoms with Crippen LogP contribution in [0.3, 0.4) is 0 Å². The molecule has 0 aliphatic rings. The topological polar surface area (TPSA) is 28.2 Å². The highest BCUT2D eigenvalue weighted by Gasteiger charge is 2.15. The smallest absolute Gasteiger partial charge is 0.0564 e. The van der Waals surface area contributed by atoms with Gasteiger partial charge in [0.2, 0.25) is 0 Å². The summed E-state index contributed by atoms with van der Waals surface area (Å²) in [5, 5.41) is 4.12. The molecule has 0 saturated heterocycles. The van der Waals surface area contributed by atoms with E-state index in [0.29, 0.717) is 0 Å². The molecule has 1 heterocycles. The lowest BCUT2D eigenvalue weighted by atomic mass is 10.1. The third-order valence-electron chi connectivity index (χ3n) is 3.63. The van der Waals surface area contributed by atoms with Gasteiger partial charge in [-0.1, -0.05) is 29.8 Å². The number of hydrogen-bond donors (Lipinski definition) is 1. The van der Waals surface area contributed by atoms with Crippen LogP contribution in [-0.2, 0) is 6.54 Å². The summed E-state index contributed by atoms with van der Waals surface area (Å²) in [5.74, 6) is 0. The lowest BCUT2D eigenvalue weighted by Gasteiger charge is -2.25. The Bertz CT molecular complexity index is 586. The number of hydrogen-bond acceptors (Lipinski definition) is 3. The highest BCUT2D eigenvalue weighted by Crippen LogP contribution is 2.27. The van der Waals surface area contributed by atoms with Crippen LogP contribution in [0.1, 0.15) is 31.1 Å². The molecule has 0 fully saturated rings. The second-order valence-electron chi connectivity index (χ2n) is 5.18. The van der Waals surface area contributed by atoms with Crippen molar-refractivity contribution < 1.29 is 0 Å². The van der Waals surface area contributed by atoms with Gasteiger partial charge in [0, 0.05) is 36.0 Å². The SMILES string of the molecule is CCNc1ccnc(CN(C)C(C)c2ccccc2Cl)c1. The standard InChI is InChI=1S/C17H22ClN3/c1-4-19-14-9-10-20-15(11-14)12-21(3)13(2)16-7-5-6-8-17(16)18/h5-11,13H,4,12H2,1-3H3,(H,19,20). The van der Waals surface area contributed by atoms with Gasteiger partial charge in [-0.2, -0.15) is 0 Å². The minimum absolute atomic E-state index is 0.239. The fourth-order valence-corrected chi connectivity index (χ4v) is 2.62. The number of rotatable bonds is 6. The molecule has 4 heteroatoms. The van der Waals surface area contributed by atoms with Crippen molar-refractivity contribution in [2.24, 2.45) is 0 Å². The lowest BCUT2D eigenvalue weighted by Crippen LogP contribution is -2.22. The van der Waals surface area contributed by atoms with E-state index < -0.39 is 0 Å². The minimum atomic E-state index is 0.239. The number of pyridine rings is 1. The fourth-order valence-electron chi connectivity index (χ4n) is 2.32. The van der Waals surface area contributed by atoms with Crippen molar-refractivity contribution >= 4 is 17.3 Å². The average Bonchev–Trinajstić information content (AvgIpc) is 2.48. The summed E-state index contributed by atoms with van der Waals surface area (Å²) < 4.78 is 0. The van der Waals surface area contributed by atoms with Crippen molar-refractivity contribution in [3.63, 3.8) is 0 Å². The number of benzene rings is 1. The zero-order chi connectivity index (χ0) is 15.2. The summed E-state index contributed by atoms with van der Waals surface area (Å²) in [6.07, 6.45) is 1.85. The first-order chi connectivity index (χ1) is 10.1. The molecule has 3 nitrogen and oxygen atoms in total. The predicted octanol–water partition coefficient (Wildman–Crippen LogP) is 4.36. The van der Waals surface area contributed by atoms with Crippen LogP contribution in [0, 0.1) is 0 Å². The molecule has 112 valence electrons. The van der Waals surface area contributed by atoms with Crippen molar-refractivity contribution in [2.75, 3.05) is 18.9 Å². The number of aromatic nitrogens is 1. The highest BCUT2D eigenvalue weighted by atomic mass is 35.5. The fraction of sp³-hybridized carbons (Fsp3) is 0.353. The summed E-state index contributed by atoms with van der Waals surface area (Å²) in [7, 11) is 2.09. The first-order valence-electron chi connectivity index (χ1n) is 7.25. The Morgan fingerprint density at radius 1 is 1.29 bits per heavy atom. The molecule has 0 radical (unpaired) electrons. The van der Waals surface area contributed by atoms with Gasteiger partial charge < -0.3 is 5.32 Å². The third-order valence-corrected chi connectivity index (χ3v) is 3.97. The summed E-state index contributed by atoms with van der Waals surface area (Å²) in [6.45, 7) is 5.95. The highest BCUT2D eigenvalue weighted by molar-refractivity contribution is 6.31. The summed E-state index contributed by atoms with van der Waals surface area (Å²) in [5.41, 5.74) is 3.31. The quantitative estimate of drug-likeness (QED) is 0.859. The molecule has 0 bridgehead atoms. The van der Waals surface area contributed by atoms with E-state index in [1.54, 1.807) is 0 Å². The van der Waals surface area contributed by atoms with E-state index in [2.05, 4.69) is 48.2 Å². The van der Waals surface area contributed by atoms with E-state index in [4.69, 9.17) is 11.6 Å². The third kappa shape index (κ3) is 4.19. The van der Waals surface area contributed by atoms with Gasteiger partial charge in [0.25, 0.3) is 0 Å². The van der Waals surface area contributed by atoms with E-state index in [1.165, 1.54) is 0 Å². The maximum atomic E-state index is 6.28. The molecule has 1 unspecified atom stereocenters. The van der Waals surface area contributed by atoms with Gasteiger partial charge in [-0.25, -0.2) is 0 Å². The monoisotopic (exact) mass is 303 g/mol. The molecule has 0 saturated carbocycles. The van der Waals surface area contributed by atoms with E-state index in [9.17, 15) is 0 Å². The van der Waals surface area contributed by atoms with Crippen LogP contribution in [0.4, 0.5) is 5.69 Å². The first kappa shape index (κ1) is 15.8. The molecule has 0 amide bonds. The van der Waals surface area contributed by atoms with Crippen LogP contribution in [0.2, 0.25) is 5.02 Å². The molecule has 0 spiro atoms. The Morgan fingerprint density at radius 3 is 2.76 bits per heavy atom. The lowest BCUT2D eigenvalue weighted by molar-refractivity contribution is 0.250. The predicted molar refractivity (Wildman–Crippen MR) is 89.7 cm³/mol. The molecule has 0 aliphatic heterocycles. The first-order valence-corrected chi connectivity index (χ1v) is 7.63. The van der Waals surface area contributed by atoms with Crippen LogP contribution in [-0.4, -0.2) is 23.5 Å². The molecule has 1 aromatic heterocycles. The Kier molecular flexibility index (Phi) is 5.59. The van der Waals surface area contributed by atoms with E-state index in [1.807, 2.05) is 30.5 Å². The van der Waals surface area contributed by atoms with Crippen LogP contribution in [0.5, 0.6) is 0 Å². The maximum Gasteiger partial charge on any atom is 0.0564 e. The van der Waals surface area contributed by atoms with Gasteiger partial charge in [-0.3, -0.25) is 9.88 Å². The zero-order valence-corrected chi connectivity index (χ0v) is 13.6. The molecule has 1 atom stereocenters. The van der Waals surface area contributed by atoms with Crippen molar-refractivity contribution in [3.8, 4) is 0 Å². The number of anilines is 1. The Balaban J connectivity index is 2.09. The van der Waals surface area contributed by atoms with E-state index >= 15 is 0 Å². The van der Waals surface area contributed by atoms with E-state index in [-0.39, 0.29) is 6.04 Å². The minimum Gasteiger partial charge on any atom is -0.385 e. The molecule has 21 heavy (non-hydrogen) atoms. The van der Waals surface area contributed by atoms with Crippen molar-refractivity contribution in [1.82, 2.24) is 9.88 Å². The molecule has 2 rings (SSSR count). The molecular weight excluding hydrogens is 282 g/mol. The Morgan fingerprint density at radius 2 is 2.05 bits per heavy atom. The van der Waals surface area contributed by atoms with Crippen LogP contribution in [0.15, 0.2) is 42.6 Å². The maximum absolute atomic E-state index is 6.28. The second-order valence-corrected chi connectivity index (χ2v) is 5.59. The number of nitrogens with zero attached hydrogens (tertiary/aromatic N) is 2. The Hall–Kier alpha value is -1.58. The molecular formula is C17H22ClN3. The normalized spacial score (nSPS) is 12.4. The largest absolute Gasteiger partial charge is 0.385 e. The van der Waals surface area contributed by atoms with Crippen molar-refractivity contribution in [3.05, 3.63) is 58.9 Å². The van der Waals surface area contributed by atoms with Gasteiger partial charge in [0.1, 0.15) is 0 Å². The molecule has 0 aliphatic carbocycles. The van der Waals surface area contributed by atoms with Gasteiger partial charge in [-0.05, 0) is 44.7 Å². The van der Waals surface area contributed by atoms with Crippen LogP contribution < -0.4 is 5.32 Å². The van der Waals surface area contributed by atoms with Gasteiger partial charge in [-0.15, -0.1) is 0 Å². The number of nitrogens with one attached hydrogen (secondary N) is 1.